The summed E-state index contributed by atoms with van der Waals surface area (Å²) in [6.45, 7) is 0.334. The molecule has 0 radical (unpaired) electrons. The number of phenols is 1. The van der Waals surface area contributed by atoms with E-state index < -0.39 is 0 Å². The Bertz CT molecular complexity index is 575. The molecule has 1 aromatic heterocycles. The molecule has 2 rings (SSSR count). The van der Waals surface area contributed by atoms with Crippen LogP contribution in [0.2, 0.25) is 5.15 Å². The summed E-state index contributed by atoms with van der Waals surface area (Å²) in [7, 11) is 0. The highest BCUT2D eigenvalue weighted by molar-refractivity contribution is 6.32. The fourth-order valence-corrected chi connectivity index (χ4v) is 1.64. The summed E-state index contributed by atoms with van der Waals surface area (Å²) in [5.41, 5.74) is 0.902. The van der Waals surface area contributed by atoms with Crippen molar-refractivity contribution >= 4 is 23.7 Å². The van der Waals surface area contributed by atoms with Crippen LogP contribution in [0.4, 0.5) is 5.82 Å². The number of para-hydroxylation sites is 1. The first-order valence-electron chi connectivity index (χ1n) is 5.19. The summed E-state index contributed by atoms with van der Waals surface area (Å²) in [4.78, 5) is 18.5. The second-order valence-electron chi connectivity index (χ2n) is 3.53. The molecule has 5 nitrogen and oxygen atoms in total. The molecule has 0 spiro atoms. The number of hydrogen-bond donors (Lipinski definition) is 2. The first-order chi connectivity index (χ1) is 8.72. The van der Waals surface area contributed by atoms with Crippen LogP contribution in [0.25, 0.3) is 0 Å². The third kappa shape index (κ3) is 2.57. The summed E-state index contributed by atoms with van der Waals surface area (Å²) >= 11 is 5.77. The first kappa shape index (κ1) is 12.3. The Morgan fingerprint density at radius 2 is 2.11 bits per heavy atom. The summed E-state index contributed by atoms with van der Waals surface area (Å²) in [5, 5.41) is 12.6. The molecule has 0 aliphatic heterocycles. The molecule has 0 atom stereocenters. The van der Waals surface area contributed by atoms with Crippen LogP contribution in [0, 0.1) is 0 Å². The standard InChI is InChI=1S/C12H10ClN3O2/c13-11-9(6-17)12(16-7-15-11)14-5-8-3-1-2-4-10(8)18/h1-4,6-7,18H,5H2,(H,14,15,16). The number of carbonyl (C=O) groups is 1. The molecule has 0 fully saturated rings. The summed E-state index contributed by atoms with van der Waals surface area (Å²) < 4.78 is 0. The Balaban J connectivity index is 2.18. The van der Waals surface area contributed by atoms with E-state index in [9.17, 15) is 9.90 Å². The number of aromatic nitrogens is 2. The third-order valence-electron chi connectivity index (χ3n) is 2.39. The molecule has 92 valence electrons. The van der Waals surface area contributed by atoms with E-state index in [1.807, 2.05) is 6.07 Å². The molecule has 2 N–H and O–H groups in total. The van der Waals surface area contributed by atoms with Crippen LogP contribution in [0.1, 0.15) is 15.9 Å². The summed E-state index contributed by atoms with van der Waals surface area (Å²) in [6.07, 6.45) is 1.86. The van der Waals surface area contributed by atoms with E-state index in [2.05, 4.69) is 15.3 Å². The molecule has 0 aliphatic rings. The van der Waals surface area contributed by atoms with Gasteiger partial charge in [-0.15, -0.1) is 0 Å². The fourth-order valence-electron chi connectivity index (χ4n) is 1.46. The minimum absolute atomic E-state index is 0.0970. The molecule has 1 aromatic carbocycles. The lowest BCUT2D eigenvalue weighted by Crippen LogP contribution is -2.05. The van der Waals surface area contributed by atoms with Gasteiger partial charge in [0.1, 0.15) is 23.0 Å². The number of halogens is 1. The summed E-state index contributed by atoms with van der Waals surface area (Å²) in [6, 6.07) is 6.90. The number of aromatic hydroxyl groups is 1. The van der Waals surface area contributed by atoms with E-state index >= 15 is 0 Å². The number of phenolic OH excluding ortho intramolecular Hbond substituents is 1. The number of carbonyl (C=O) groups excluding carboxylic acids is 1. The maximum absolute atomic E-state index is 10.9. The summed E-state index contributed by atoms with van der Waals surface area (Å²) in [5.74, 6) is 0.519. The topological polar surface area (TPSA) is 75.1 Å². The number of anilines is 1. The SMILES string of the molecule is O=Cc1c(Cl)ncnc1NCc1ccccc1O. The van der Waals surface area contributed by atoms with Crippen molar-refractivity contribution in [2.75, 3.05) is 5.32 Å². The van der Waals surface area contributed by atoms with Gasteiger partial charge in [0.05, 0.1) is 5.56 Å². The van der Waals surface area contributed by atoms with Crippen molar-refractivity contribution in [1.29, 1.82) is 0 Å². The number of rotatable bonds is 4. The lowest BCUT2D eigenvalue weighted by molar-refractivity contribution is 0.112. The minimum atomic E-state index is 0.0970. The van der Waals surface area contributed by atoms with Gasteiger partial charge in [-0.2, -0.15) is 0 Å². The van der Waals surface area contributed by atoms with Gasteiger partial charge in [0.15, 0.2) is 6.29 Å². The van der Waals surface area contributed by atoms with Crippen molar-refractivity contribution in [1.82, 2.24) is 9.97 Å². The third-order valence-corrected chi connectivity index (χ3v) is 2.69. The van der Waals surface area contributed by atoms with Crippen LogP contribution in [-0.4, -0.2) is 21.4 Å². The van der Waals surface area contributed by atoms with Crippen molar-refractivity contribution < 1.29 is 9.90 Å². The van der Waals surface area contributed by atoms with E-state index in [0.717, 1.165) is 0 Å². The highest BCUT2D eigenvalue weighted by Gasteiger charge is 2.09. The molecular formula is C12H10ClN3O2. The van der Waals surface area contributed by atoms with Crippen LogP contribution in [0.15, 0.2) is 30.6 Å². The lowest BCUT2D eigenvalue weighted by Gasteiger charge is -2.09. The zero-order chi connectivity index (χ0) is 13.0. The quantitative estimate of drug-likeness (QED) is 0.654. The van der Waals surface area contributed by atoms with Gasteiger partial charge in [-0.05, 0) is 6.07 Å². The van der Waals surface area contributed by atoms with Gasteiger partial charge in [-0.25, -0.2) is 9.97 Å². The van der Waals surface area contributed by atoms with Crippen molar-refractivity contribution in [3.05, 3.63) is 46.9 Å². The van der Waals surface area contributed by atoms with Crippen molar-refractivity contribution in [3.63, 3.8) is 0 Å². The molecule has 0 amide bonds. The zero-order valence-electron chi connectivity index (χ0n) is 9.30. The Labute approximate surface area is 108 Å². The predicted octanol–water partition coefficient (Wildman–Crippen LogP) is 2.26. The number of hydrogen-bond acceptors (Lipinski definition) is 5. The molecule has 0 unspecified atom stereocenters. The van der Waals surface area contributed by atoms with Crippen LogP contribution < -0.4 is 5.32 Å². The molecule has 0 saturated heterocycles. The Morgan fingerprint density at radius 1 is 1.33 bits per heavy atom. The Morgan fingerprint density at radius 3 is 2.83 bits per heavy atom. The second kappa shape index (κ2) is 5.46. The lowest BCUT2D eigenvalue weighted by atomic mass is 10.2. The van der Waals surface area contributed by atoms with Gasteiger partial charge in [-0.1, -0.05) is 29.8 Å². The average molecular weight is 264 g/mol. The number of benzene rings is 1. The number of aldehydes is 1. The molecule has 2 aromatic rings. The first-order valence-corrected chi connectivity index (χ1v) is 5.56. The van der Waals surface area contributed by atoms with E-state index in [4.69, 9.17) is 11.6 Å². The second-order valence-corrected chi connectivity index (χ2v) is 3.88. The molecule has 18 heavy (non-hydrogen) atoms. The van der Waals surface area contributed by atoms with E-state index in [0.29, 0.717) is 24.2 Å². The van der Waals surface area contributed by atoms with Crippen LogP contribution in [-0.2, 0) is 6.54 Å². The number of nitrogens with one attached hydrogen (secondary N) is 1. The largest absolute Gasteiger partial charge is 0.508 e. The average Bonchev–Trinajstić information content (AvgIpc) is 2.38. The van der Waals surface area contributed by atoms with Gasteiger partial charge in [-0.3, -0.25) is 4.79 Å². The maximum Gasteiger partial charge on any atom is 0.156 e. The fraction of sp³-hybridized carbons (Fsp3) is 0.0833. The van der Waals surface area contributed by atoms with Gasteiger partial charge >= 0.3 is 0 Å². The molecule has 1 heterocycles. The monoisotopic (exact) mass is 263 g/mol. The zero-order valence-corrected chi connectivity index (χ0v) is 10.1. The van der Waals surface area contributed by atoms with Crippen molar-refractivity contribution in [2.45, 2.75) is 6.54 Å². The molecule has 0 saturated carbocycles. The van der Waals surface area contributed by atoms with Gasteiger partial charge in [0, 0.05) is 12.1 Å². The molecular weight excluding hydrogens is 254 g/mol. The number of nitrogens with zero attached hydrogens (tertiary/aromatic N) is 2. The van der Waals surface area contributed by atoms with Gasteiger partial charge in [0.25, 0.3) is 0 Å². The van der Waals surface area contributed by atoms with Crippen LogP contribution in [0.5, 0.6) is 5.75 Å². The normalized spacial score (nSPS) is 10.1. The van der Waals surface area contributed by atoms with Gasteiger partial charge < -0.3 is 10.4 Å². The van der Waals surface area contributed by atoms with E-state index in [1.165, 1.54) is 6.33 Å². The van der Waals surface area contributed by atoms with Crippen LogP contribution in [0.3, 0.4) is 0 Å². The highest BCUT2D eigenvalue weighted by atomic mass is 35.5. The van der Waals surface area contributed by atoms with E-state index in [1.54, 1.807) is 18.2 Å². The van der Waals surface area contributed by atoms with E-state index in [-0.39, 0.29) is 16.5 Å². The van der Waals surface area contributed by atoms with Crippen LogP contribution >= 0.6 is 11.6 Å². The molecule has 6 heteroatoms. The smallest absolute Gasteiger partial charge is 0.156 e. The maximum atomic E-state index is 10.9. The van der Waals surface area contributed by atoms with Crippen molar-refractivity contribution in [3.8, 4) is 5.75 Å². The predicted molar refractivity (Wildman–Crippen MR) is 67.9 cm³/mol. The molecule has 0 bridgehead atoms. The van der Waals surface area contributed by atoms with Gasteiger partial charge in [0.2, 0.25) is 0 Å². The molecule has 0 aliphatic carbocycles. The minimum Gasteiger partial charge on any atom is -0.508 e. The Kier molecular flexibility index (Phi) is 3.74. The van der Waals surface area contributed by atoms with Crippen molar-refractivity contribution in [2.24, 2.45) is 0 Å². The Hall–Kier alpha value is -2.14. The highest BCUT2D eigenvalue weighted by Crippen LogP contribution is 2.20.